The van der Waals surface area contributed by atoms with E-state index in [2.05, 4.69) is 32.1 Å². The van der Waals surface area contributed by atoms with Gasteiger partial charge in [-0.15, -0.1) is 0 Å². The summed E-state index contributed by atoms with van der Waals surface area (Å²) in [4.78, 5) is 0. The topological polar surface area (TPSA) is 26.0 Å². The van der Waals surface area contributed by atoms with Crippen LogP contribution < -0.4 is 5.73 Å². The molecule has 1 rings (SSSR count). The Labute approximate surface area is 62.6 Å². The van der Waals surface area contributed by atoms with E-state index >= 15 is 0 Å². The smallest absolute Gasteiger partial charge is 0.000840 e. The molecule has 0 aromatic rings. The molecule has 0 aromatic carbocycles. The van der Waals surface area contributed by atoms with Crippen LogP contribution in [0.5, 0.6) is 0 Å². The third-order valence-electron chi connectivity index (χ3n) is 2.35. The molecule has 2 unspecified atom stereocenters. The summed E-state index contributed by atoms with van der Waals surface area (Å²) < 4.78 is 0. The Bertz CT molecular complexity index is 168. The molecule has 1 aliphatic carbocycles. The fourth-order valence-electron chi connectivity index (χ4n) is 1.29. The number of nitrogens with two attached hydrogens (primary N) is 1. The lowest BCUT2D eigenvalue weighted by molar-refractivity contribution is 0.492. The summed E-state index contributed by atoms with van der Waals surface area (Å²) in [6.45, 7) is 5.16. The number of rotatable bonds is 1. The van der Waals surface area contributed by atoms with Crippen molar-refractivity contribution in [2.24, 2.45) is 17.6 Å². The van der Waals surface area contributed by atoms with Gasteiger partial charge >= 0.3 is 0 Å². The lowest BCUT2D eigenvalue weighted by Gasteiger charge is -2.22. The summed E-state index contributed by atoms with van der Waals surface area (Å²) in [5.74, 6) is 1.19. The Morgan fingerprint density at radius 1 is 1.60 bits per heavy atom. The first-order valence-electron chi connectivity index (χ1n) is 3.80. The van der Waals surface area contributed by atoms with Gasteiger partial charge in [0.15, 0.2) is 0 Å². The standard InChI is InChI=1S/C9H15N/c1-7-4-3-5-9(6-10)8(7)2/h3-5,8-9H,6,10H2,1-2H3. The van der Waals surface area contributed by atoms with Crippen LogP contribution in [0.3, 0.4) is 0 Å². The van der Waals surface area contributed by atoms with Gasteiger partial charge in [-0.3, -0.25) is 0 Å². The van der Waals surface area contributed by atoms with Gasteiger partial charge in [-0.2, -0.15) is 0 Å². The summed E-state index contributed by atoms with van der Waals surface area (Å²) in [6, 6.07) is 0. The van der Waals surface area contributed by atoms with E-state index in [1.807, 2.05) is 0 Å². The first kappa shape index (κ1) is 7.55. The normalized spacial score (nSPS) is 32.1. The molecule has 0 bridgehead atoms. The molecule has 2 N–H and O–H groups in total. The van der Waals surface area contributed by atoms with E-state index in [0.717, 1.165) is 6.54 Å². The molecular weight excluding hydrogens is 122 g/mol. The van der Waals surface area contributed by atoms with Crippen LogP contribution in [0, 0.1) is 11.8 Å². The molecule has 2 atom stereocenters. The second-order valence-corrected chi connectivity index (χ2v) is 2.98. The minimum absolute atomic E-state index is 0.560. The van der Waals surface area contributed by atoms with Gasteiger partial charge in [-0.1, -0.05) is 30.7 Å². The van der Waals surface area contributed by atoms with Gasteiger partial charge in [-0.25, -0.2) is 0 Å². The average molecular weight is 137 g/mol. The zero-order valence-electron chi connectivity index (χ0n) is 6.67. The molecule has 0 spiro atoms. The zero-order valence-corrected chi connectivity index (χ0v) is 6.67. The molecule has 10 heavy (non-hydrogen) atoms. The van der Waals surface area contributed by atoms with Crippen molar-refractivity contribution < 1.29 is 0 Å². The maximum absolute atomic E-state index is 5.58. The summed E-state index contributed by atoms with van der Waals surface area (Å²) in [5, 5.41) is 0. The predicted octanol–water partition coefficient (Wildman–Crippen LogP) is 1.71. The quantitative estimate of drug-likeness (QED) is 0.585. The highest BCUT2D eigenvalue weighted by atomic mass is 14.6. The SMILES string of the molecule is CC1=CC=CC(CN)C1C. The second kappa shape index (κ2) is 3.02. The summed E-state index contributed by atoms with van der Waals surface area (Å²) in [7, 11) is 0. The molecule has 1 nitrogen and oxygen atoms in total. The molecule has 0 heterocycles. The number of allylic oxidation sites excluding steroid dienone is 3. The van der Waals surface area contributed by atoms with Gasteiger partial charge in [0.25, 0.3) is 0 Å². The van der Waals surface area contributed by atoms with Crippen molar-refractivity contribution >= 4 is 0 Å². The summed E-state index contributed by atoms with van der Waals surface area (Å²) >= 11 is 0. The van der Waals surface area contributed by atoms with E-state index in [-0.39, 0.29) is 0 Å². The van der Waals surface area contributed by atoms with Crippen LogP contribution in [-0.2, 0) is 0 Å². The summed E-state index contributed by atoms with van der Waals surface area (Å²) in [5.41, 5.74) is 7.02. The van der Waals surface area contributed by atoms with E-state index in [1.54, 1.807) is 0 Å². The lowest BCUT2D eigenvalue weighted by atomic mass is 9.84. The predicted molar refractivity (Wildman–Crippen MR) is 44.6 cm³/mol. The van der Waals surface area contributed by atoms with Crippen LogP contribution in [0.1, 0.15) is 13.8 Å². The van der Waals surface area contributed by atoms with Crippen molar-refractivity contribution in [1.82, 2.24) is 0 Å². The average Bonchev–Trinajstić information content (AvgIpc) is 1.95. The molecule has 0 saturated carbocycles. The van der Waals surface area contributed by atoms with E-state index < -0.39 is 0 Å². The van der Waals surface area contributed by atoms with E-state index in [1.165, 1.54) is 5.57 Å². The monoisotopic (exact) mass is 137 g/mol. The maximum Gasteiger partial charge on any atom is -0.000840 e. The molecule has 0 fully saturated rings. The highest BCUT2D eigenvalue weighted by Crippen LogP contribution is 2.23. The molecule has 0 saturated heterocycles. The van der Waals surface area contributed by atoms with Gasteiger partial charge in [-0.05, 0) is 25.3 Å². The van der Waals surface area contributed by atoms with Gasteiger partial charge < -0.3 is 5.73 Å². The maximum atomic E-state index is 5.58. The fraction of sp³-hybridized carbons (Fsp3) is 0.556. The Morgan fingerprint density at radius 2 is 2.30 bits per heavy atom. The molecule has 0 aromatic heterocycles. The van der Waals surface area contributed by atoms with Crippen molar-refractivity contribution in [1.29, 1.82) is 0 Å². The van der Waals surface area contributed by atoms with Crippen LogP contribution in [0.4, 0.5) is 0 Å². The van der Waals surface area contributed by atoms with Gasteiger partial charge in [0.2, 0.25) is 0 Å². The van der Waals surface area contributed by atoms with Gasteiger partial charge in [0.1, 0.15) is 0 Å². The van der Waals surface area contributed by atoms with Crippen LogP contribution >= 0.6 is 0 Å². The van der Waals surface area contributed by atoms with Crippen molar-refractivity contribution in [2.45, 2.75) is 13.8 Å². The highest BCUT2D eigenvalue weighted by Gasteiger charge is 2.15. The first-order chi connectivity index (χ1) is 4.75. The zero-order chi connectivity index (χ0) is 7.56. The molecule has 0 aliphatic heterocycles. The molecule has 1 aliphatic rings. The third-order valence-corrected chi connectivity index (χ3v) is 2.35. The molecular formula is C9H15N. The Balaban J connectivity index is 2.68. The summed E-state index contributed by atoms with van der Waals surface area (Å²) in [6.07, 6.45) is 6.46. The third kappa shape index (κ3) is 1.29. The molecule has 0 radical (unpaired) electrons. The first-order valence-corrected chi connectivity index (χ1v) is 3.80. The molecule has 56 valence electrons. The minimum Gasteiger partial charge on any atom is -0.330 e. The van der Waals surface area contributed by atoms with Crippen molar-refractivity contribution in [3.05, 3.63) is 23.8 Å². The van der Waals surface area contributed by atoms with Crippen molar-refractivity contribution in [3.8, 4) is 0 Å². The molecule has 0 amide bonds. The lowest BCUT2D eigenvalue weighted by Crippen LogP contribution is -2.21. The number of hydrogen-bond acceptors (Lipinski definition) is 1. The van der Waals surface area contributed by atoms with Crippen LogP contribution in [0.25, 0.3) is 0 Å². The van der Waals surface area contributed by atoms with E-state index in [9.17, 15) is 0 Å². The highest BCUT2D eigenvalue weighted by molar-refractivity contribution is 5.20. The number of hydrogen-bond donors (Lipinski definition) is 1. The fourth-order valence-corrected chi connectivity index (χ4v) is 1.29. The Hall–Kier alpha value is -0.560. The molecule has 1 heteroatoms. The van der Waals surface area contributed by atoms with E-state index in [4.69, 9.17) is 5.73 Å². The van der Waals surface area contributed by atoms with Crippen LogP contribution in [0.2, 0.25) is 0 Å². The van der Waals surface area contributed by atoms with Crippen LogP contribution in [-0.4, -0.2) is 6.54 Å². The largest absolute Gasteiger partial charge is 0.330 e. The van der Waals surface area contributed by atoms with E-state index in [0.29, 0.717) is 11.8 Å². The van der Waals surface area contributed by atoms with Gasteiger partial charge in [0.05, 0.1) is 0 Å². The Kier molecular flexibility index (Phi) is 2.28. The minimum atomic E-state index is 0.560. The van der Waals surface area contributed by atoms with Crippen LogP contribution in [0.15, 0.2) is 23.8 Å². The van der Waals surface area contributed by atoms with Crippen molar-refractivity contribution in [2.75, 3.05) is 6.54 Å². The van der Waals surface area contributed by atoms with Crippen molar-refractivity contribution in [3.63, 3.8) is 0 Å². The second-order valence-electron chi connectivity index (χ2n) is 2.98. The van der Waals surface area contributed by atoms with Gasteiger partial charge in [0, 0.05) is 0 Å². The Morgan fingerprint density at radius 3 is 2.80 bits per heavy atom.